The van der Waals surface area contributed by atoms with E-state index in [2.05, 4.69) is 46.9 Å². The first-order valence-corrected chi connectivity index (χ1v) is 25.4. The highest BCUT2D eigenvalue weighted by Crippen LogP contribution is 2.29. The van der Waals surface area contributed by atoms with Gasteiger partial charge in [-0.05, 0) is 73.6 Å². The number of aromatic hydroxyl groups is 1. The number of carboxylic acids is 1. The predicted molar refractivity (Wildman–Crippen MR) is 277 cm³/mol. The van der Waals surface area contributed by atoms with Crippen molar-refractivity contribution in [2.45, 2.75) is 139 Å². The van der Waals surface area contributed by atoms with Gasteiger partial charge < -0.3 is 74.9 Å². The van der Waals surface area contributed by atoms with Crippen LogP contribution in [0, 0.1) is 11.8 Å². The Bertz CT molecular complexity index is 2500. The maximum atomic E-state index is 14.7. The van der Waals surface area contributed by atoms with Crippen LogP contribution in [0.2, 0.25) is 0 Å². The molecule has 25 heteroatoms. The summed E-state index contributed by atoms with van der Waals surface area (Å²) in [5, 5.41) is 36.3. The summed E-state index contributed by atoms with van der Waals surface area (Å²) in [6.45, 7) is 3.52. The summed E-state index contributed by atoms with van der Waals surface area (Å²) in [4.78, 5) is 135. The number of hydrogen-bond donors (Lipinski definition) is 13. The van der Waals surface area contributed by atoms with Crippen molar-refractivity contribution in [1.29, 1.82) is 0 Å². The van der Waals surface area contributed by atoms with Crippen molar-refractivity contribution in [3.05, 3.63) is 83.9 Å². The van der Waals surface area contributed by atoms with Gasteiger partial charge in [-0.2, -0.15) is 0 Å². The molecule has 1 aliphatic heterocycles. The first-order valence-electron chi connectivity index (χ1n) is 25.4. The Labute approximate surface area is 439 Å². The van der Waals surface area contributed by atoms with Crippen molar-refractivity contribution >= 4 is 59.2 Å². The van der Waals surface area contributed by atoms with Gasteiger partial charge in [0.2, 0.25) is 47.3 Å². The fourth-order valence-electron chi connectivity index (χ4n) is 9.33. The Balaban J connectivity index is 1.38. The largest absolute Gasteiger partial charge is 0.508 e. The minimum atomic E-state index is -1.39. The maximum absolute atomic E-state index is 14.7. The number of carbonyl (C=O) groups excluding carboxylic acids is 8. The molecule has 1 saturated heterocycles. The van der Waals surface area contributed by atoms with Gasteiger partial charge >= 0.3 is 5.97 Å². The number of benzene rings is 2. The second-order valence-electron chi connectivity index (χ2n) is 19.6. The fraction of sp³-hybridized carbons (Fsp3) is 0.510. The number of carboxylic acid groups (broad SMARTS) is 1. The lowest BCUT2D eigenvalue weighted by Gasteiger charge is -2.32. The molecule has 0 bridgehead atoms. The summed E-state index contributed by atoms with van der Waals surface area (Å²) in [5.74, 6) is -8.59. The first kappa shape index (κ1) is 58.8. The highest BCUT2D eigenvalue weighted by molar-refractivity contribution is 5.98. The predicted octanol–water partition coefficient (Wildman–Crippen LogP) is -1.77. The third kappa shape index (κ3) is 17.8. The molecule has 76 heavy (non-hydrogen) atoms. The maximum Gasteiger partial charge on any atom is 0.326 e. The number of aliphatic carboxylic acids is 1. The number of phenols is 1. The zero-order chi connectivity index (χ0) is 55.5. The van der Waals surface area contributed by atoms with Crippen LogP contribution in [-0.2, 0) is 62.4 Å². The second kappa shape index (κ2) is 28.5. The number of amides is 8. The molecular weight excluding hydrogens is 985 g/mol. The number of carbonyl (C=O) groups is 9. The third-order valence-corrected chi connectivity index (χ3v) is 13.4. The van der Waals surface area contributed by atoms with Crippen molar-refractivity contribution in [1.82, 2.24) is 46.8 Å². The van der Waals surface area contributed by atoms with Gasteiger partial charge in [-0.15, -0.1) is 0 Å². The Morgan fingerprint density at radius 1 is 0.724 bits per heavy atom. The van der Waals surface area contributed by atoms with E-state index in [1.165, 1.54) is 29.6 Å². The van der Waals surface area contributed by atoms with Crippen LogP contribution in [0.25, 0.3) is 0 Å². The minimum Gasteiger partial charge on any atom is -0.508 e. The molecule has 2 fully saturated rings. The van der Waals surface area contributed by atoms with Crippen LogP contribution in [0.3, 0.4) is 0 Å². The first-order chi connectivity index (χ1) is 36.2. The Kier molecular flexibility index (Phi) is 22.1. The molecule has 5 rings (SSSR count). The van der Waals surface area contributed by atoms with Crippen molar-refractivity contribution in [2.75, 3.05) is 13.1 Å². The average Bonchev–Trinajstić information content (AvgIpc) is 4.20. The highest BCUT2D eigenvalue weighted by Gasteiger charge is 2.42. The van der Waals surface area contributed by atoms with Crippen molar-refractivity contribution in [3.63, 3.8) is 0 Å². The summed E-state index contributed by atoms with van der Waals surface area (Å²) >= 11 is 0. The average molecular weight is 1060 g/mol. The van der Waals surface area contributed by atoms with Gasteiger partial charge in [-0.3, -0.25) is 43.3 Å². The Morgan fingerprint density at radius 3 is 1.97 bits per heavy atom. The van der Waals surface area contributed by atoms with Crippen LogP contribution < -0.4 is 54.8 Å². The van der Waals surface area contributed by atoms with E-state index in [0.29, 0.717) is 36.1 Å². The van der Waals surface area contributed by atoms with Gasteiger partial charge in [0.15, 0.2) is 5.96 Å². The fourth-order valence-corrected chi connectivity index (χ4v) is 9.33. The van der Waals surface area contributed by atoms with Crippen LogP contribution in [0.15, 0.2) is 72.1 Å². The van der Waals surface area contributed by atoms with E-state index >= 15 is 0 Å². The summed E-state index contributed by atoms with van der Waals surface area (Å²) in [6, 6.07) is 4.45. The van der Waals surface area contributed by atoms with Crippen LogP contribution in [0.1, 0.15) is 88.5 Å². The molecule has 17 N–H and O–H groups in total. The number of phenolic OH excluding ortho intramolecular Hbond substituents is 1. The molecule has 3 aromatic rings. The minimum absolute atomic E-state index is 0.00636. The number of aromatic nitrogens is 2. The number of likely N-dealkylation sites (tertiary alicyclic amines) is 1. The number of nitrogens with zero attached hydrogens (tertiary/aromatic N) is 3. The number of nitrogens with one attached hydrogen (secondary N) is 7. The van der Waals surface area contributed by atoms with E-state index in [0.717, 1.165) is 12.8 Å². The molecule has 25 nitrogen and oxygen atoms in total. The molecule has 1 saturated carbocycles. The van der Waals surface area contributed by atoms with E-state index in [-0.39, 0.29) is 63.3 Å². The molecule has 1 aromatic heterocycles. The van der Waals surface area contributed by atoms with E-state index in [4.69, 9.17) is 22.9 Å². The molecule has 2 aliphatic rings. The zero-order valence-electron chi connectivity index (χ0n) is 42.7. The van der Waals surface area contributed by atoms with Gasteiger partial charge in [0, 0.05) is 44.2 Å². The number of imidazole rings is 1. The highest BCUT2D eigenvalue weighted by atomic mass is 16.4. The monoisotopic (exact) mass is 1060 g/mol. The molecule has 2 aromatic carbocycles. The van der Waals surface area contributed by atoms with Gasteiger partial charge in [0.1, 0.15) is 48.0 Å². The van der Waals surface area contributed by atoms with E-state index in [1.807, 2.05) is 0 Å². The van der Waals surface area contributed by atoms with Crippen LogP contribution >= 0.6 is 0 Å². The lowest BCUT2D eigenvalue weighted by atomic mass is 9.95. The quantitative estimate of drug-likeness (QED) is 0.0218. The Hall–Kier alpha value is -8.09. The van der Waals surface area contributed by atoms with E-state index in [1.54, 1.807) is 56.3 Å². The smallest absolute Gasteiger partial charge is 0.326 e. The van der Waals surface area contributed by atoms with Crippen molar-refractivity contribution in [2.24, 2.45) is 39.8 Å². The Morgan fingerprint density at radius 2 is 1.36 bits per heavy atom. The zero-order valence-corrected chi connectivity index (χ0v) is 42.7. The number of nitrogens with two attached hydrogens (primary N) is 4. The molecule has 1 aliphatic carbocycles. The SMILES string of the molecule is CC(C)[C@H](NC(=O)[C@H](CCCN=C(N)N)NC(=O)[C@@H](N)CC(N)=O)C(=O)N[C@@H](Cc1ccc(O)cc1)C(=O)N[C@H](C(=O)N[C@@H](Cc1cnc[nH]1)C(=O)N1CCC[C@H]1C(=O)N[C@@H](Cc1ccccc1)C(=O)O)C1CCCC1. The molecule has 8 amide bonds. The van der Waals surface area contributed by atoms with E-state index < -0.39 is 120 Å². The van der Waals surface area contributed by atoms with Gasteiger partial charge in [-0.1, -0.05) is 69.2 Å². The lowest BCUT2D eigenvalue weighted by molar-refractivity contribution is -0.145. The summed E-state index contributed by atoms with van der Waals surface area (Å²) < 4.78 is 0. The molecular formula is C51H72N14O11. The van der Waals surface area contributed by atoms with Crippen LogP contribution in [0.4, 0.5) is 0 Å². The third-order valence-electron chi connectivity index (χ3n) is 13.4. The van der Waals surface area contributed by atoms with Crippen LogP contribution in [-0.4, -0.2) is 146 Å². The van der Waals surface area contributed by atoms with Gasteiger partial charge in [-0.25, -0.2) is 9.78 Å². The number of primary amides is 1. The number of rotatable bonds is 28. The number of hydrogen-bond acceptors (Lipinski definition) is 13. The summed E-state index contributed by atoms with van der Waals surface area (Å²) in [5.41, 5.74) is 23.7. The molecule has 8 atom stereocenters. The van der Waals surface area contributed by atoms with Gasteiger partial charge in [0.05, 0.1) is 18.8 Å². The normalized spacial score (nSPS) is 17.2. The van der Waals surface area contributed by atoms with Crippen molar-refractivity contribution < 1.29 is 53.4 Å². The van der Waals surface area contributed by atoms with Crippen molar-refractivity contribution in [3.8, 4) is 5.75 Å². The number of H-pyrrole nitrogens is 1. The summed E-state index contributed by atoms with van der Waals surface area (Å²) in [6.07, 6.45) is 5.53. The second-order valence-corrected chi connectivity index (χ2v) is 19.6. The van der Waals surface area contributed by atoms with E-state index in [9.17, 15) is 53.4 Å². The number of aromatic amines is 1. The molecule has 0 unspecified atom stereocenters. The molecule has 2 heterocycles. The molecule has 0 radical (unpaired) electrons. The number of guanidine groups is 1. The van der Waals surface area contributed by atoms with Gasteiger partial charge in [0.25, 0.3) is 0 Å². The topological polar surface area (TPSA) is 415 Å². The molecule has 0 spiro atoms. The van der Waals surface area contributed by atoms with Crippen LogP contribution in [0.5, 0.6) is 5.75 Å². The number of aliphatic imine (C=N–C) groups is 1. The lowest BCUT2D eigenvalue weighted by Crippen LogP contribution is -2.62. The standard InChI is InChI=1S/C51H72N14O11/c1-28(2)41(63-44(69)35(14-8-20-57-51(54)55)59-43(68)34(52)25-40(53)67)47(72)60-36(22-30-16-18-33(66)19-17-30)45(70)64-42(31-12-6-7-13-31)48(73)61-37(24-32-26-56-27-58-32)49(74)65-21-9-15-39(65)46(71)62-38(50(75)76)23-29-10-4-3-5-11-29/h3-5,10-11,16-19,26-28,31,34-39,41-42,66H,6-9,12-15,20-25,52H2,1-2H3,(H2,53,67)(H,56,58)(H,59,68)(H,60,72)(H,61,73)(H,62,71)(H,63,69)(H,64,70)(H,75,76)(H4,54,55,57)/t34-,35-,36-,37-,38-,39-,41-,42-/m0/s1. The summed E-state index contributed by atoms with van der Waals surface area (Å²) in [7, 11) is 0. The molecule has 412 valence electrons.